The molecule has 1 aliphatic rings. The van der Waals surface area contributed by atoms with E-state index in [1.165, 1.54) is 11.3 Å². The molecule has 25 heavy (non-hydrogen) atoms. The summed E-state index contributed by atoms with van der Waals surface area (Å²) in [5.74, 6) is -1.17. The second kappa shape index (κ2) is 7.43. The molecular formula is C17H17N3O4S. The van der Waals surface area contributed by atoms with Crippen LogP contribution in [0.5, 0.6) is 0 Å². The maximum absolute atomic E-state index is 12.3. The standard InChI is InChI=1S/C17H17N3O4S/c1-2-24-16(23)11-3-5-13(6-4-11)20-10-12(9-14(20)21)15(22)19-17-18-7-8-25-17/h3-8,12H,2,9-10H2,1H3,(H,18,19,22)/t12-/m1/s1. The van der Waals surface area contributed by atoms with Crippen molar-refractivity contribution in [2.45, 2.75) is 13.3 Å². The molecule has 1 aromatic heterocycles. The Morgan fingerprint density at radius 2 is 2.12 bits per heavy atom. The average Bonchev–Trinajstić information content (AvgIpc) is 3.25. The first kappa shape index (κ1) is 17.1. The Morgan fingerprint density at radius 1 is 1.36 bits per heavy atom. The highest BCUT2D eigenvalue weighted by molar-refractivity contribution is 7.13. The topological polar surface area (TPSA) is 88.6 Å². The number of carbonyl (C=O) groups is 3. The number of benzene rings is 1. The predicted octanol–water partition coefficient (Wildman–Crippen LogP) is 2.31. The molecular weight excluding hydrogens is 342 g/mol. The van der Waals surface area contributed by atoms with E-state index in [4.69, 9.17) is 4.74 Å². The van der Waals surface area contributed by atoms with Crippen LogP contribution in [0, 0.1) is 5.92 Å². The van der Waals surface area contributed by atoms with Gasteiger partial charge in [0.2, 0.25) is 11.8 Å². The second-order valence-corrected chi connectivity index (χ2v) is 6.39. The van der Waals surface area contributed by atoms with Crippen LogP contribution >= 0.6 is 11.3 Å². The largest absolute Gasteiger partial charge is 0.462 e. The monoisotopic (exact) mass is 359 g/mol. The van der Waals surface area contributed by atoms with Crippen molar-refractivity contribution in [3.05, 3.63) is 41.4 Å². The Labute approximate surface area is 148 Å². The van der Waals surface area contributed by atoms with Gasteiger partial charge < -0.3 is 15.0 Å². The van der Waals surface area contributed by atoms with Gasteiger partial charge >= 0.3 is 5.97 Å². The molecule has 2 amide bonds. The first-order valence-corrected chi connectivity index (χ1v) is 8.74. The molecule has 0 saturated carbocycles. The van der Waals surface area contributed by atoms with Crippen LogP contribution in [-0.2, 0) is 14.3 Å². The average molecular weight is 359 g/mol. The van der Waals surface area contributed by atoms with Crippen LogP contribution in [0.4, 0.5) is 10.8 Å². The van der Waals surface area contributed by atoms with Crippen LogP contribution in [0.25, 0.3) is 0 Å². The highest BCUT2D eigenvalue weighted by Crippen LogP contribution is 2.26. The molecule has 0 bridgehead atoms. The van der Waals surface area contributed by atoms with Gasteiger partial charge in [0.05, 0.1) is 18.1 Å². The van der Waals surface area contributed by atoms with Crippen LogP contribution in [0.1, 0.15) is 23.7 Å². The van der Waals surface area contributed by atoms with Gasteiger partial charge in [-0.1, -0.05) is 0 Å². The van der Waals surface area contributed by atoms with E-state index >= 15 is 0 Å². The zero-order chi connectivity index (χ0) is 17.8. The first-order valence-electron chi connectivity index (χ1n) is 7.86. The summed E-state index contributed by atoms with van der Waals surface area (Å²) in [4.78, 5) is 41.8. The molecule has 1 N–H and O–H groups in total. The van der Waals surface area contributed by atoms with Gasteiger partial charge in [0.1, 0.15) is 0 Å². The van der Waals surface area contributed by atoms with E-state index in [0.717, 1.165) is 0 Å². The van der Waals surface area contributed by atoms with Crippen LogP contribution in [-0.4, -0.2) is 35.9 Å². The summed E-state index contributed by atoms with van der Waals surface area (Å²) in [5, 5.41) is 5.02. The Balaban J connectivity index is 1.66. The molecule has 7 nitrogen and oxygen atoms in total. The van der Waals surface area contributed by atoms with Crippen molar-refractivity contribution >= 4 is 39.9 Å². The van der Waals surface area contributed by atoms with Crippen molar-refractivity contribution < 1.29 is 19.1 Å². The molecule has 2 aromatic rings. The Kier molecular flexibility index (Phi) is 5.08. The summed E-state index contributed by atoms with van der Waals surface area (Å²) < 4.78 is 4.94. The van der Waals surface area contributed by atoms with Crippen molar-refractivity contribution in [1.29, 1.82) is 0 Å². The van der Waals surface area contributed by atoms with E-state index in [2.05, 4.69) is 10.3 Å². The molecule has 2 heterocycles. The van der Waals surface area contributed by atoms with Crippen LogP contribution in [0.2, 0.25) is 0 Å². The summed E-state index contributed by atoms with van der Waals surface area (Å²) in [6.07, 6.45) is 1.76. The predicted molar refractivity (Wildman–Crippen MR) is 93.6 cm³/mol. The number of hydrogen-bond acceptors (Lipinski definition) is 6. The summed E-state index contributed by atoms with van der Waals surface area (Å²) >= 11 is 1.33. The maximum atomic E-state index is 12.3. The lowest BCUT2D eigenvalue weighted by Crippen LogP contribution is -2.28. The molecule has 8 heteroatoms. The second-order valence-electron chi connectivity index (χ2n) is 5.50. The number of amides is 2. The van der Waals surface area contributed by atoms with Gasteiger partial charge in [-0.15, -0.1) is 11.3 Å². The number of nitrogens with one attached hydrogen (secondary N) is 1. The fourth-order valence-electron chi connectivity index (χ4n) is 2.62. The van der Waals surface area contributed by atoms with E-state index in [-0.39, 0.29) is 18.2 Å². The number of anilines is 2. The Hall–Kier alpha value is -2.74. The Morgan fingerprint density at radius 3 is 2.76 bits per heavy atom. The molecule has 130 valence electrons. The number of aromatic nitrogens is 1. The third-order valence-electron chi connectivity index (χ3n) is 3.85. The summed E-state index contributed by atoms with van der Waals surface area (Å²) in [6, 6.07) is 6.60. The molecule has 0 spiro atoms. The summed E-state index contributed by atoms with van der Waals surface area (Å²) in [6.45, 7) is 2.35. The maximum Gasteiger partial charge on any atom is 0.338 e. The van der Waals surface area contributed by atoms with Crippen molar-refractivity contribution in [3.63, 3.8) is 0 Å². The minimum absolute atomic E-state index is 0.122. The number of hydrogen-bond donors (Lipinski definition) is 1. The van der Waals surface area contributed by atoms with E-state index in [1.54, 1.807) is 47.7 Å². The van der Waals surface area contributed by atoms with Gasteiger partial charge in [0.15, 0.2) is 5.13 Å². The molecule has 1 aromatic carbocycles. The minimum Gasteiger partial charge on any atom is -0.462 e. The van der Waals surface area contributed by atoms with Crippen molar-refractivity contribution in [2.75, 3.05) is 23.4 Å². The molecule has 1 aliphatic heterocycles. The lowest BCUT2D eigenvalue weighted by Gasteiger charge is -2.17. The highest BCUT2D eigenvalue weighted by atomic mass is 32.1. The first-order chi connectivity index (χ1) is 12.1. The van der Waals surface area contributed by atoms with Crippen molar-refractivity contribution in [1.82, 2.24) is 4.98 Å². The number of esters is 1. The lowest BCUT2D eigenvalue weighted by molar-refractivity contribution is -0.122. The lowest BCUT2D eigenvalue weighted by atomic mass is 10.1. The SMILES string of the molecule is CCOC(=O)c1ccc(N2C[C@H](C(=O)Nc3nccs3)CC2=O)cc1. The number of ether oxygens (including phenoxy) is 1. The van der Waals surface area contributed by atoms with Crippen LogP contribution in [0.15, 0.2) is 35.8 Å². The van der Waals surface area contributed by atoms with E-state index < -0.39 is 11.9 Å². The number of thiazole rings is 1. The van der Waals surface area contributed by atoms with E-state index in [1.807, 2.05) is 0 Å². The third-order valence-corrected chi connectivity index (χ3v) is 4.54. The smallest absolute Gasteiger partial charge is 0.338 e. The molecule has 0 unspecified atom stereocenters. The van der Waals surface area contributed by atoms with Gasteiger partial charge in [-0.05, 0) is 31.2 Å². The van der Waals surface area contributed by atoms with Gasteiger partial charge in [0, 0.05) is 30.2 Å². The minimum atomic E-state index is -0.430. The number of rotatable bonds is 5. The molecule has 0 aliphatic carbocycles. The highest BCUT2D eigenvalue weighted by Gasteiger charge is 2.35. The quantitative estimate of drug-likeness (QED) is 0.828. The van der Waals surface area contributed by atoms with Gasteiger partial charge in [-0.2, -0.15) is 0 Å². The van der Waals surface area contributed by atoms with E-state index in [9.17, 15) is 14.4 Å². The molecule has 0 radical (unpaired) electrons. The third kappa shape index (κ3) is 3.85. The fraction of sp³-hybridized carbons (Fsp3) is 0.294. The zero-order valence-corrected chi connectivity index (χ0v) is 14.4. The van der Waals surface area contributed by atoms with Crippen LogP contribution in [0.3, 0.4) is 0 Å². The molecule has 1 fully saturated rings. The number of nitrogens with zero attached hydrogens (tertiary/aromatic N) is 2. The molecule has 1 atom stereocenters. The fourth-order valence-corrected chi connectivity index (χ4v) is 3.15. The van der Waals surface area contributed by atoms with Gasteiger partial charge in [-0.25, -0.2) is 9.78 Å². The summed E-state index contributed by atoms with van der Waals surface area (Å²) in [5.41, 5.74) is 1.08. The van der Waals surface area contributed by atoms with E-state index in [0.29, 0.717) is 29.5 Å². The van der Waals surface area contributed by atoms with Crippen molar-refractivity contribution in [3.8, 4) is 0 Å². The van der Waals surface area contributed by atoms with Gasteiger partial charge in [0.25, 0.3) is 0 Å². The van der Waals surface area contributed by atoms with Crippen molar-refractivity contribution in [2.24, 2.45) is 5.92 Å². The number of carbonyl (C=O) groups excluding carboxylic acids is 3. The normalized spacial score (nSPS) is 16.8. The Bertz CT molecular complexity index is 774. The molecule has 1 saturated heterocycles. The van der Waals surface area contributed by atoms with Gasteiger partial charge in [-0.3, -0.25) is 9.59 Å². The van der Waals surface area contributed by atoms with Crippen LogP contribution < -0.4 is 10.2 Å². The zero-order valence-electron chi connectivity index (χ0n) is 13.6. The molecule has 3 rings (SSSR count). The summed E-state index contributed by atoms with van der Waals surface area (Å²) in [7, 11) is 0.